The molecular formula is C19H36O10. The normalized spacial score (nSPS) is 40.4. The Hall–Kier alpha value is -0.400. The van der Waals surface area contributed by atoms with Crippen LogP contribution in [-0.4, -0.2) is 106 Å². The van der Waals surface area contributed by atoms with Crippen LogP contribution in [0.25, 0.3) is 0 Å². The summed E-state index contributed by atoms with van der Waals surface area (Å²) < 4.78 is 21.7. The van der Waals surface area contributed by atoms with Crippen molar-refractivity contribution in [2.24, 2.45) is 0 Å². The first kappa shape index (κ1) is 24.9. The zero-order chi connectivity index (χ0) is 21.4. The standard InChI is InChI=1S/C19H36O10/c1-2-3-4-5-6-7-8-26-18-17(25)15(23)14(22)12(29-18)10-27-19-16(24)13(21)11(9-20)28-19/h11-25H,2-10H2,1H3. The van der Waals surface area contributed by atoms with Crippen molar-refractivity contribution in [3.8, 4) is 0 Å². The zero-order valence-electron chi connectivity index (χ0n) is 16.9. The molecule has 10 heteroatoms. The summed E-state index contributed by atoms with van der Waals surface area (Å²) in [6.07, 6.45) is -4.93. The molecule has 0 bridgehead atoms. The summed E-state index contributed by atoms with van der Waals surface area (Å²) in [6.45, 7) is 1.73. The van der Waals surface area contributed by atoms with Gasteiger partial charge in [0.1, 0.15) is 42.7 Å². The Labute approximate surface area is 171 Å². The van der Waals surface area contributed by atoms with Crippen molar-refractivity contribution in [2.45, 2.75) is 101 Å². The summed E-state index contributed by atoms with van der Waals surface area (Å²) in [6, 6.07) is 0. The van der Waals surface area contributed by atoms with E-state index in [4.69, 9.17) is 24.1 Å². The second kappa shape index (κ2) is 12.5. The number of ether oxygens (including phenoxy) is 4. The molecule has 2 saturated heterocycles. The molecular weight excluding hydrogens is 388 g/mol. The van der Waals surface area contributed by atoms with Gasteiger partial charge >= 0.3 is 0 Å². The molecule has 0 amide bonds. The minimum atomic E-state index is -1.49. The first-order valence-electron chi connectivity index (χ1n) is 10.5. The van der Waals surface area contributed by atoms with Crippen LogP contribution in [0.3, 0.4) is 0 Å². The van der Waals surface area contributed by atoms with Crippen molar-refractivity contribution >= 4 is 0 Å². The van der Waals surface area contributed by atoms with Crippen molar-refractivity contribution in [2.75, 3.05) is 19.8 Å². The van der Waals surface area contributed by atoms with Crippen molar-refractivity contribution in [3.63, 3.8) is 0 Å². The van der Waals surface area contributed by atoms with Gasteiger partial charge in [-0.25, -0.2) is 0 Å². The lowest BCUT2D eigenvalue weighted by molar-refractivity contribution is -0.310. The Morgan fingerprint density at radius 2 is 1.21 bits per heavy atom. The molecule has 2 heterocycles. The van der Waals surface area contributed by atoms with Gasteiger partial charge in [-0.05, 0) is 6.42 Å². The molecule has 0 radical (unpaired) electrons. The van der Waals surface area contributed by atoms with Gasteiger partial charge in [0.15, 0.2) is 12.6 Å². The van der Waals surface area contributed by atoms with E-state index in [0.717, 1.165) is 19.3 Å². The molecule has 0 spiro atoms. The van der Waals surface area contributed by atoms with E-state index in [0.29, 0.717) is 6.61 Å². The number of unbranched alkanes of at least 4 members (excludes halogenated alkanes) is 5. The highest BCUT2D eigenvalue weighted by Gasteiger charge is 2.47. The fourth-order valence-electron chi connectivity index (χ4n) is 3.47. The maximum Gasteiger partial charge on any atom is 0.186 e. The molecule has 2 aliphatic heterocycles. The number of rotatable bonds is 12. The second-order valence-electron chi connectivity index (χ2n) is 7.69. The number of hydrogen-bond donors (Lipinski definition) is 6. The SMILES string of the molecule is CCCCCCCCOC1OC(COC2OC(CO)C(O)C2O)C(O)C(O)C1O. The van der Waals surface area contributed by atoms with Gasteiger partial charge in [-0.3, -0.25) is 0 Å². The van der Waals surface area contributed by atoms with Crippen LogP contribution in [0.5, 0.6) is 0 Å². The van der Waals surface area contributed by atoms with E-state index in [1.807, 2.05) is 0 Å². The van der Waals surface area contributed by atoms with E-state index < -0.39 is 61.9 Å². The Morgan fingerprint density at radius 1 is 0.655 bits per heavy atom. The highest BCUT2D eigenvalue weighted by atomic mass is 16.7. The lowest BCUT2D eigenvalue weighted by atomic mass is 9.99. The van der Waals surface area contributed by atoms with Crippen LogP contribution in [0.1, 0.15) is 45.4 Å². The average Bonchev–Trinajstić information content (AvgIpc) is 3.00. The first-order chi connectivity index (χ1) is 13.9. The molecule has 29 heavy (non-hydrogen) atoms. The molecule has 172 valence electrons. The summed E-state index contributed by atoms with van der Waals surface area (Å²) in [7, 11) is 0. The second-order valence-corrected chi connectivity index (χ2v) is 7.69. The van der Waals surface area contributed by atoms with E-state index >= 15 is 0 Å². The van der Waals surface area contributed by atoms with Crippen molar-refractivity contribution in [1.82, 2.24) is 0 Å². The molecule has 0 aromatic rings. The Kier molecular flexibility index (Phi) is 10.7. The molecule has 10 nitrogen and oxygen atoms in total. The lowest BCUT2D eigenvalue weighted by Gasteiger charge is -2.40. The number of hydrogen-bond acceptors (Lipinski definition) is 10. The van der Waals surface area contributed by atoms with Crippen LogP contribution >= 0.6 is 0 Å². The third kappa shape index (κ3) is 6.79. The van der Waals surface area contributed by atoms with Crippen LogP contribution in [-0.2, 0) is 18.9 Å². The van der Waals surface area contributed by atoms with Crippen molar-refractivity contribution < 1.29 is 49.6 Å². The van der Waals surface area contributed by atoms with E-state index in [-0.39, 0.29) is 6.61 Å². The van der Waals surface area contributed by atoms with Gasteiger partial charge in [0.2, 0.25) is 0 Å². The molecule has 9 unspecified atom stereocenters. The summed E-state index contributed by atoms with van der Waals surface area (Å²) in [5.41, 5.74) is 0. The molecule has 2 rings (SSSR count). The number of aliphatic hydroxyl groups is 6. The molecule has 9 atom stereocenters. The lowest BCUT2D eigenvalue weighted by Crippen LogP contribution is -2.59. The third-order valence-electron chi connectivity index (χ3n) is 5.37. The maximum atomic E-state index is 10.1. The quantitative estimate of drug-likeness (QED) is 0.206. The minimum Gasteiger partial charge on any atom is -0.394 e. The average molecular weight is 424 g/mol. The van der Waals surface area contributed by atoms with Gasteiger partial charge in [0.05, 0.1) is 13.2 Å². The minimum absolute atomic E-state index is 0.283. The molecule has 0 aromatic carbocycles. The summed E-state index contributed by atoms with van der Waals surface area (Å²) in [5, 5.41) is 59.1. The molecule has 2 aliphatic rings. The first-order valence-corrected chi connectivity index (χ1v) is 10.5. The zero-order valence-corrected chi connectivity index (χ0v) is 16.9. The molecule has 2 fully saturated rings. The van der Waals surface area contributed by atoms with Crippen LogP contribution in [0.4, 0.5) is 0 Å². The monoisotopic (exact) mass is 424 g/mol. The third-order valence-corrected chi connectivity index (χ3v) is 5.37. The highest BCUT2D eigenvalue weighted by molar-refractivity contribution is 4.90. The number of aliphatic hydroxyl groups excluding tert-OH is 6. The molecule has 0 aromatic heterocycles. The van der Waals surface area contributed by atoms with Gasteiger partial charge in [-0.1, -0.05) is 39.0 Å². The summed E-state index contributed by atoms with van der Waals surface area (Å²) >= 11 is 0. The summed E-state index contributed by atoms with van der Waals surface area (Å²) in [5.74, 6) is 0. The molecule has 0 aliphatic carbocycles. The maximum absolute atomic E-state index is 10.1. The Balaban J connectivity index is 1.77. The largest absolute Gasteiger partial charge is 0.394 e. The van der Waals surface area contributed by atoms with Crippen LogP contribution in [0.2, 0.25) is 0 Å². The van der Waals surface area contributed by atoms with E-state index in [9.17, 15) is 25.5 Å². The smallest absolute Gasteiger partial charge is 0.186 e. The summed E-state index contributed by atoms with van der Waals surface area (Å²) in [4.78, 5) is 0. The van der Waals surface area contributed by atoms with Crippen molar-refractivity contribution in [3.05, 3.63) is 0 Å². The Morgan fingerprint density at radius 3 is 1.86 bits per heavy atom. The van der Waals surface area contributed by atoms with Gasteiger partial charge < -0.3 is 49.6 Å². The van der Waals surface area contributed by atoms with Gasteiger partial charge in [0.25, 0.3) is 0 Å². The van der Waals surface area contributed by atoms with Crippen LogP contribution < -0.4 is 0 Å². The van der Waals surface area contributed by atoms with E-state index in [1.165, 1.54) is 19.3 Å². The van der Waals surface area contributed by atoms with Gasteiger partial charge in [-0.2, -0.15) is 0 Å². The van der Waals surface area contributed by atoms with E-state index in [1.54, 1.807) is 0 Å². The molecule has 6 N–H and O–H groups in total. The Bertz CT molecular complexity index is 453. The highest BCUT2D eigenvalue weighted by Crippen LogP contribution is 2.26. The molecule has 0 saturated carbocycles. The van der Waals surface area contributed by atoms with Gasteiger partial charge in [-0.15, -0.1) is 0 Å². The fraction of sp³-hybridized carbons (Fsp3) is 1.00. The van der Waals surface area contributed by atoms with Crippen molar-refractivity contribution in [1.29, 1.82) is 0 Å². The van der Waals surface area contributed by atoms with Crippen LogP contribution in [0, 0.1) is 0 Å². The topological polar surface area (TPSA) is 158 Å². The van der Waals surface area contributed by atoms with Gasteiger partial charge in [0, 0.05) is 6.61 Å². The predicted molar refractivity (Wildman–Crippen MR) is 99.7 cm³/mol. The predicted octanol–water partition coefficient (Wildman–Crippen LogP) is -1.37. The van der Waals surface area contributed by atoms with Crippen LogP contribution in [0.15, 0.2) is 0 Å². The van der Waals surface area contributed by atoms with E-state index in [2.05, 4.69) is 6.92 Å². The fourth-order valence-corrected chi connectivity index (χ4v) is 3.47.